The molecule has 81 heavy (non-hydrogen) atoms. The third-order valence-corrected chi connectivity index (χ3v) is 15.4. The lowest BCUT2D eigenvalue weighted by molar-refractivity contribution is -0.167. The van der Waals surface area contributed by atoms with E-state index in [1.807, 2.05) is 0 Å². The highest BCUT2D eigenvalue weighted by atomic mass is 16.6. The molecule has 0 aliphatic carbocycles. The van der Waals surface area contributed by atoms with Crippen molar-refractivity contribution in [2.24, 2.45) is 0 Å². The summed E-state index contributed by atoms with van der Waals surface area (Å²) in [6.07, 6.45) is 91.9. The molecule has 0 saturated heterocycles. The molecule has 6 nitrogen and oxygen atoms in total. The number of ether oxygens (including phenoxy) is 3. The summed E-state index contributed by atoms with van der Waals surface area (Å²) in [5.41, 5.74) is 0. The number of hydrogen-bond acceptors (Lipinski definition) is 6. The van der Waals surface area contributed by atoms with E-state index in [1.165, 1.54) is 212 Å². The van der Waals surface area contributed by atoms with E-state index in [2.05, 4.69) is 106 Å². The van der Waals surface area contributed by atoms with Gasteiger partial charge in [0.1, 0.15) is 13.2 Å². The Morgan fingerprint density at radius 2 is 0.481 bits per heavy atom. The van der Waals surface area contributed by atoms with Crippen LogP contribution in [0.1, 0.15) is 355 Å². The van der Waals surface area contributed by atoms with Crippen LogP contribution in [-0.2, 0) is 28.6 Å². The number of esters is 3. The number of carbonyl (C=O) groups excluding carboxylic acids is 3. The molecule has 0 aromatic rings. The molecule has 6 heteroatoms. The Labute approximate surface area is 503 Å². The third kappa shape index (κ3) is 67.3. The van der Waals surface area contributed by atoms with Crippen molar-refractivity contribution in [2.45, 2.75) is 361 Å². The third-order valence-electron chi connectivity index (χ3n) is 15.4. The topological polar surface area (TPSA) is 78.9 Å². The molecule has 0 aliphatic heterocycles. The van der Waals surface area contributed by atoms with Gasteiger partial charge in [-0.25, -0.2) is 0 Å². The summed E-state index contributed by atoms with van der Waals surface area (Å²) < 4.78 is 16.9. The van der Waals surface area contributed by atoms with Crippen molar-refractivity contribution in [3.8, 4) is 0 Å². The largest absolute Gasteiger partial charge is 0.462 e. The first-order chi connectivity index (χ1) is 40.0. The highest BCUT2D eigenvalue weighted by molar-refractivity contribution is 5.71. The van der Waals surface area contributed by atoms with Gasteiger partial charge in [0.25, 0.3) is 0 Å². The maximum atomic E-state index is 12.9. The Bertz CT molecular complexity index is 1530. The zero-order valence-electron chi connectivity index (χ0n) is 53.8. The lowest BCUT2D eigenvalue weighted by Crippen LogP contribution is -2.30. The van der Waals surface area contributed by atoms with Crippen LogP contribution in [0.2, 0.25) is 0 Å². The van der Waals surface area contributed by atoms with Crippen molar-refractivity contribution in [1.29, 1.82) is 0 Å². The van der Waals surface area contributed by atoms with Crippen LogP contribution in [0, 0.1) is 0 Å². The van der Waals surface area contributed by atoms with Crippen molar-refractivity contribution in [3.63, 3.8) is 0 Å². The molecule has 468 valence electrons. The van der Waals surface area contributed by atoms with Gasteiger partial charge in [0, 0.05) is 19.3 Å². The van der Waals surface area contributed by atoms with Crippen LogP contribution in [0.3, 0.4) is 0 Å². The van der Waals surface area contributed by atoms with E-state index in [1.54, 1.807) is 0 Å². The van der Waals surface area contributed by atoms with Gasteiger partial charge in [0.2, 0.25) is 0 Å². The van der Waals surface area contributed by atoms with Crippen molar-refractivity contribution in [2.75, 3.05) is 13.2 Å². The SMILES string of the molecule is CC/C=C\C/C=C\C/C=C\C/C=C\C/C=C\C/C=C\CCCCCCCCCCCCCCCCCCC(=O)OCC(COC(=O)CCCCCCC/C=C\CCCCCC)OC(=O)CCCCCCCCCCCCCCCCC. The molecular weight excluding hydrogens is 997 g/mol. The lowest BCUT2D eigenvalue weighted by atomic mass is 10.0. The Morgan fingerprint density at radius 3 is 0.778 bits per heavy atom. The monoisotopic (exact) mass is 1130 g/mol. The van der Waals surface area contributed by atoms with E-state index in [4.69, 9.17) is 14.2 Å². The summed E-state index contributed by atoms with van der Waals surface area (Å²) in [6, 6.07) is 0. The van der Waals surface area contributed by atoms with Gasteiger partial charge in [0.05, 0.1) is 0 Å². The molecule has 0 bridgehead atoms. The first kappa shape index (κ1) is 77.6. The normalized spacial score (nSPS) is 12.6. The van der Waals surface area contributed by atoms with Gasteiger partial charge in [-0.3, -0.25) is 14.4 Å². The smallest absolute Gasteiger partial charge is 0.306 e. The molecular formula is C75H132O6. The van der Waals surface area contributed by atoms with Crippen LogP contribution >= 0.6 is 0 Å². The van der Waals surface area contributed by atoms with E-state index < -0.39 is 6.10 Å². The van der Waals surface area contributed by atoms with Gasteiger partial charge in [0.15, 0.2) is 6.10 Å². The predicted octanol–water partition coefficient (Wildman–Crippen LogP) is 24.2. The maximum Gasteiger partial charge on any atom is 0.306 e. The molecule has 0 aromatic heterocycles. The summed E-state index contributed by atoms with van der Waals surface area (Å²) in [6.45, 7) is 6.55. The molecule has 0 aromatic carbocycles. The van der Waals surface area contributed by atoms with Gasteiger partial charge in [-0.1, -0.05) is 324 Å². The predicted molar refractivity (Wildman–Crippen MR) is 353 cm³/mol. The van der Waals surface area contributed by atoms with Crippen LogP contribution < -0.4 is 0 Å². The number of allylic oxidation sites excluding steroid dienone is 14. The van der Waals surface area contributed by atoms with E-state index in [-0.39, 0.29) is 31.1 Å². The Kier molecular flexibility index (Phi) is 66.2. The minimum atomic E-state index is -0.776. The highest BCUT2D eigenvalue weighted by Gasteiger charge is 2.19. The molecule has 0 spiro atoms. The van der Waals surface area contributed by atoms with Gasteiger partial charge in [-0.15, -0.1) is 0 Å². The Balaban J connectivity index is 4.12. The second-order valence-corrected chi connectivity index (χ2v) is 23.4. The lowest BCUT2D eigenvalue weighted by Gasteiger charge is -2.18. The standard InChI is InChI=1S/C75H132O6/c1-4-7-10-13-16-19-22-25-27-28-29-30-31-32-33-34-35-36-37-38-39-40-41-42-43-44-45-46-48-50-53-56-59-62-65-68-74(77)80-71-72(70-79-73(76)67-64-61-58-55-52-49-24-21-18-15-12-9-6-3)81-75(78)69-66-63-60-57-54-51-47-26-23-20-17-14-11-8-5-2/h7,10,16,19,21,24-25,27,29-30,32-33,35-36,72H,4-6,8-9,11-15,17-18,20,22-23,26,28,31,34,37-71H2,1-3H3/b10-7-,19-16-,24-21-,27-25-,30-29-,33-32-,36-35-. The summed E-state index contributed by atoms with van der Waals surface area (Å²) in [5.74, 6) is -0.862. The van der Waals surface area contributed by atoms with Gasteiger partial charge >= 0.3 is 17.9 Å². The van der Waals surface area contributed by atoms with Gasteiger partial charge in [-0.2, -0.15) is 0 Å². The zero-order chi connectivity index (χ0) is 58.5. The molecule has 0 heterocycles. The molecule has 0 fully saturated rings. The average Bonchev–Trinajstić information content (AvgIpc) is 3.46. The van der Waals surface area contributed by atoms with Crippen LogP contribution in [0.5, 0.6) is 0 Å². The number of hydrogen-bond donors (Lipinski definition) is 0. The average molecular weight is 1130 g/mol. The fourth-order valence-corrected chi connectivity index (χ4v) is 10.2. The summed E-state index contributed by atoms with van der Waals surface area (Å²) >= 11 is 0. The van der Waals surface area contributed by atoms with Crippen molar-refractivity contribution in [1.82, 2.24) is 0 Å². The van der Waals surface area contributed by atoms with E-state index in [9.17, 15) is 14.4 Å². The van der Waals surface area contributed by atoms with Gasteiger partial charge < -0.3 is 14.2 Å². The van der Waals surface area contributed by atoms with E-state index in [0.717, 1.165) is 103 Å². The van der Waals surface area contributed by atoms with Crippen LogP contribution in [0.25, 0.3) is 0 Å². The van der Waals surface area contributed by atoms with Crippen molar-refractivity contribution in [3.05, 3.63) is 85.1 Å². The number of unbranched alkanes of at least 4 members (excludes halogenated alkanes) is 39. The summed E-state index contributed by atoms with van der Waals surface area (Å²) in [5, 5.41) is 0. The molecule has 0 saturated carbocycles. The second kappa shape index (κ2) is 69.1. The van der Waals surface area contributed by atoms with Gasteiger partial charge in [-0.05, 0) is 96.3 Å². The number of rotatable bonds is 64. The number of carbonyl (C=O) groups is 3. The molecule has 1 atom stereocenters. The van der Waals surface area contributed by atoms with Crippen LogP contribution in [-0.4, -0.2) is 37.2 Å². The Morgan fingerprint density at radius 1 is 0.259 bits per heavy atom. The molecule has 0 aliphatic rings. The maximum absolute atomic E-state index is 12.9. The van der Waals surface area contributed by atoms with Crippen LogP contribution in [0.4, 0.5) is 0 Å². The molecule has 0 radical (unpaired) electrons. The molecule has 0 rings (SSSR count). The highest BCUT2D eigenvalue weighted by Crippen LogP contribution is 2.18. The fourth-order valence-electron chi connectivity index (χ4n) is 10.2. The van der Waals surface area contributed by atoms with E-state index in [0.29, 0.717) is 19.3 Å². The van der Waals surface area contributed by atoms with Crippen molar-refractivity contribution < 1.29 is 28.6 Å². The first-order valence-corrected chi connectivity index (χ1v) is 35.1. The van der Waals surface area contributed by atoms with Crippen molar-refractivity contribution >= 4 is 17.9 Å². The summed E-state index contributed by atoms with van der Waals surface area (Å²) in [7, 11) is 0. The minimum absolute atomic E-state index is 0.0732. The quantitative estimate of drug-likeness (QED) is 0.0261. The molecule has 1 unspecified atom stereocenters. The minimum Gasteiger partial charge on any atom is -0.462 e. The zero-order valence-corrected chi connectivity index (χ0v) is 53.8. The van der Waals surface area contributed by atoms with E-state index >= 15 is 0 Å². The van der Waals surface area contributed by atoms with Crippen LogP contribution in [0.15, 0.2) is 85.1 Å². The molecule has 0 N–H and O–H groups in total. The second-order valence-electron chi connectivity index (χ2n) is 23.4. The summed E-state index contributed by atoms with van der Waals surface area (Å²) in [4.78, 5) is 38.3. The Hall–Kier alpha value is -3.41. The molecule has 0 amide bonds. The first-order valence-electron chi connectivity index (χ1n) is 35.1. The fraction of sp³-hybridized carbons (Fsp3) is 0.773.